The normalized spacial score (nSPS) is 11.4. The second-order valence-electron chi connectivity index (χ2n) is 2.80. The number of nitrogens with two attached hydrogens (primary N) is 2. The van der Waals surface area contributed by atoms with Crippen LogP contribution < -0.4 is 11.5 Å². The molecule has 0 aliphatic carbocycles. The third-order valence-electron chi connectivity index (χ3n) is 1.86. The Kier molecular flexibility index (Phi) is 5.98. The Labute approximate surface area is 80.9 Å². The van der Waals surface area contributed by atoms with Gasteiger partial charge < -0.3 is 11.5 Å². The fraction of sp³-hybridized carbons (Fsp3) is 0.455. The van der Waals surface area contributed by atoms with E-state index in [1.165, 1.54) is 5.56 Å². The van der Waals surface area contributed by atoms with E-state index in [4.69, 9.17) is 11.5 Å². The number of nitrogen functional groups attached to an aromatic ring is 1. The summed E-state index contributed by atoms with van der Waals surface area (Å²) < 4.78 is 0. The molecular weight excluding hydrogens is 160 g/mol. The maximum atomic E-state index is 5.54. The van der Waals surface area contributed by atoms with Crippen LogP contribution in [0, 0.1) is 0 Å². The van der Waals surface area contributed by atoms with E-state index >= 15 is 0 Å². The van der Waals surface area contributed by atoms with Gasteiger partial charge in [-0.3, -0.25) is 0 Å². The van der Waals surface area contributed by atoms with Gasteiger partial charge in [0.1, 0.15) is 0 Å². The van der Waals surface area contributed by atoms with Crippen LogP contribution in [-0.2, 0) is 0 Å². The number of benzene rings is 1. The van der Waals surface area contributed by atoms with Crippen LogP contribution in [0.25, 0.3) is 0 Å². The van der Waals surface area contributed by atoms with Gasteiger partial charge >= 0.3 is 0 Å². The summed E-state index contributed by atoms with van der Waals surface area (Å²) in [6.45, 7) is 6.79. The fourth-order valence-electron chi connectivity index (χ4n) is 0.961. The van der Waals surface area contributed by atoms with Crippen LogP contribution in [0.15, 0.2) is 24.3 Å². The minimum Gasteiger partial charge on any atom is -0.399 e. The van der Waals surface area contributed by atoms with Gasteiger partial charge in [0.2, 0.25) is 0 Å². The average molecular weight is 180 g/mol. The molecule has 0 aliphatic rings. The molecule has 13 heavy (non-hydrogen) atoms. The molecule has 4 N–H and O–H groups in total. The smallest absolute Gasteiger partial charge is 0.0314 e. The van der Waals surface area contributed by atoms with Crippen LogP contribution in [0.4, 0.5) is 5.69 Å². The van der Waals surface area contributed by atoms with Gasteiger partial charge in [0.05, 0.1) is 0 Å². The molecule has 2 nitrogen and oxygen atoms in total. The Morgan fingerprint density at radius 2 is 1.62 bits per heavy atom. The van der Waals surface area contributed by atoms with Crippen molar-refractivity contribution >= 4 is 5.69 Å². The van der Waals surface area contributed by atoms with Crippen molar-refractivity contribution in [3.63, 3.8) is 0 Å². The van der Waals surface area contributed by atoms with Crippen molar-refractivity contribution in [3.05, 3.63) is 29.8 Å². The molecule has 1 aromatic rings. The molecule has 0 bridgehead atoms. The Balaban J connectivity index is 0.000000671. The minimum atomic E-state index is 0.426. The summed E-state index contributed by atoms with van der Waals surface area (Å²) in [5.74, 6) is 0.426. The van der Waals surface area contributed by atoms with E-state index < -0.39 is 0 Å². The zero-order valence-corrected chi connectivity index (χ0v) is 8.75. The first kappa shape index (κ1) is 12.0. The van der Waals surface area contributed by atoms with Crippen LogP contribution in [0.3, 0.4) is 0 Å². The lowest BCUT2D eigenvalue weighted by Gasteiger charge is -2.07. The highest BCUT2D eigenvalue weighted by Crippen LogP contribution is 2.14. The molecular formula is C11H20N2. The molecule has 0 amide bonds. The quantitative estimate of drug-likeness (QED) is 0.686. The molecule has 0 aliphatic heterocycles. The van der Waals surface area contributed by atoms with Crippen LogP contribution in [0.1, 0.15) is 32.3 Å². The minimum absolute atomic E-state index is 0.426. The van der Waals surface area contributed by atoms with E-state index in [0.29, 0.717) is 12.5 Å². The van der Waals surface area contributed by atoms with Crippen molar-refractivity contribution in [2.75, 3.05) is 12.3 Å². The number of anilines is 1. The molecule has 0 fully saturated rings. The number of hydrogen-bond acceptors (Lipinski definition) is 2. The zero-order chi connectivity index (χ0) is 10.3. The third-order valence-corrected chi connectivity index (χ3v) is 1.86. The molecule has 2 heteroatoms. The van der Waals surface area contributed by atoms with Crippen LogP contribution in [0.2, 0.25) is 0 Å². The lowest BCUT2D eigenvalue weighted by atomic mass is 10.0. The molecule has 0 radical (unpaired) electrons. The highest BCUT2D eigenvalue weighted by atomic mass is 14.5. The van der Waals surface area contributed by atoms with E-state index in [1.54, 1.807) is 0 Å². The summed E-state index contributed by atoms with van der Waals surface area (Å²) in [5.41, 5.74) is 13.1. The first-order valence-electron chi connectivity index (χ1n) is 4.79. The Bertz CT molecular complexity index is 216. The first-order chi connectivity index (χ1) is 6.24. The van der Waals surface area contributed by atoms with Gasteiger partial charge in [0, 0.05) is 5.69 Å². The van der Waals surface area contributed by atoms with Crippen molar-refractivity contribution in [1.82, 2.24) is 0 Å². The van der Waals surface area contributed by atoms with E-state index in [0.717, 1.165) is 5.69 Å². The molecule has 0 heterocycles. The summed E-state index contributed by atoms with van der Waals surface area (Å²) in [4.78, 5) is 0. The topological polar surface area (TPSA) is 52.0 Å². The standard InChI is InChI=1S/C9H14N2.C2H6/c1-7(6-10)8-2-4-9(11)5-3-8;1-2/h2-5,7H,6,10-11H2,1H3;1-2H3. The molecule has 1 aromatic carbocycles. The van der Waals surface area contributed by atoms with Crippen molar-refractivity contribution < 1.29 is 0 Å². The van der Waals surface area contributed by atoms with E-state index in [2.05, 4.69) is 6.92 Å². The number of rotatable bonds is 2. The lowest BCUT2D eigenvalue weighted by Crippen LogP contribution is -2.08. The second kappa shape index (κ2) is 6.49. The van der Waals surface area contributed by atoms with E-state index in [9.17, 15) is 0 Å². The molecule has 1 rings (SSSR count). The highest BCUT2D eigenvalue weighted by molar-refractivity contribution is 5.40. The van der Waals surface area contributed by atoms with Crippen LogP contribution >= 0.6 is 0 Å². The Hall–Kier alpha value is -1.02. The summed E-state index contributed by atoms with van der Waals surface area (Å²) in [6, 6.07) is 7.85. The molecule has 0 saturated heterocycles. The SMILES string of the molecule is CC.CC(CN)c1ccc(N)cc1. The van der Waals surface area contributed by atoms with Gasteiger partial charge in [-0.25, -0.2) is 0 Å². The van der Waals surface area contributed by atoms with Crippen molar-refractivity contribution in [2.24, 2.45) is 5.73 Å². The van der Waals surface area contributed by atoms with Gasteiger partial charge in [-0.15, -0.1) is 0 Å². The second-order valence-corrected chi connectivity index (χ2v) is 2.80. The first-order valence-corrected chi connectivity index (χ1v) is 4.79. The Morgan fingerprint density at radius 3 is 2.00 bits per heavy atom. The van der Waals surface area contributed by atoms with Gasteiger partial charge in [-0.05, 0) is 30.2 Å². The maximum Gasteiger partial charge on any atom is 0.0314 e. The summed E-state index contributed by atoms with van der Waals surface area (Å²) >= 11 is 0. The molecule has 0 spiro atoms. The Morgan fingerprint density at radius 1 is 1.15 bits per heavy atom. The lowest BCUT2D eigenvalue weighted by molar-refractivity contribution is 0.774. The summed E-state index contributed by atoms with van der Waals surface area (Å²) in [6.07, 6.45) is 0. The predicted molar refractivity (Wildman–Crippen MR) is 59.7 cm³/mol. The summed E-state index contributed by atoms with van der Waals surface area (Å²) in [5, 5.41) is 0. The van der Waals surface area contributed by atoms with Gasteiger partial charge in [-0.1, -0.05) is 32.9 Å². The summed E-state index contributed by atoms with van der Waals surface area (Å²) in [7, 11) is 0. The monoisotopic (exact) mass is 180 g/mol. The highest BCUT2D eigenvalue weighted by Gasteiger charge is 2.00. The molecule has 0 saturated carbocycles. The largest absolute Gasteiger partial charge is 0.399 e. The van der Waals surface area contributed by atoms with Gasteiger partial charge in [0.15, 0.2) is 0 Å². The molecule has 1 unspecified atom stereocenters. The van der Waals surface area contributed by atoms with Gasteiger partial charge in [0.25, 0.3) is 0 Å². The van der Waals surface area contributed by atoms with Crippen LogP contribution in [-0.4, -0.2) is 6.54 Å². The maximum absolute atomic E-state index is 5.54. The van der Waals surface area contributed by atoms with E-state index in [-0.39, 0.29) is 0 Å². The zero-order valence-electron chi connectivity index (χ0n) is 8.75. The molecule has 74 valence electrons. The fourth-order valence-corrected chi connectivity index (χ4v) is 0.961. The van der Waals surface area contributed by atoms with Gasteiger partial charge in [-0.2, -0.15) is 0 Å². The predicted octanol–water partition coefficient (Wildman–Crippen LogP) is 2.36. The molecule has 0 aromatic heterocycles. The van der Waals surface area contributed by atoms with Crippen LogP contribution in [0.5, 0.6) is 0 Å². The van der Waals surface area contributed by atoms with E-state index in [1.807, 2.05) is 38.1 Å². The molecule has 1 atom stereocenters. The number of hydrogen-bond donors (Lipinski definition) is 2. The third kappa shape index (κ3) is 3.95. The van der Waals surface area contributed by atoms with Crippen molar-refractivity contribution in [2.45, 2.75) is 26.7 Å². The van der Waals surface area contributed by atoms with Crippen molar-refractivity contribution in [1.29, 1.82) is 0 Å². The average Bonchev–Trinajstić information content (AvgIpc) is 2.21. The van der Waals surface area contributed by atoms with Crippen molar-refractivity contribution in [3.8, 4) is 0 Å².